The highest BCUT2D eigenvalue weighted by molar-refractivity contribution is 7.89. The fourth-order valence-corrected chi connectivity index (χ4v) is 3.26. The largest absolute Gasteiger partial charge is 0.346 e. The van der Waals surface area contributed by atoms with Gasteiger partial charge in [0, 0.05) is 12.1 Å². The molecule has 1 heterocycles. The molecule has 0 spiro atoms. The molecule has 0 aliphatic carbocycles. The average molecular weight is 300 g/mol. The van der Waals surface area contributed by atoms with E-state index in [1.54, 1.807) is 6.07 Å². The number of hydrogen-bond donors (Lipinski definition) is 2. The second-order valence-corrected chi connectivity index (χ2v) is 6.51. The van der Waals surface area contributed by atoms with E-state index in [9.17, 15) is 17.6 Å². The van der Waals surface area contributed by atoms with Gasteiger partial charge < -0.3 is 5.32 Å². The van der Waals surface area contributed by atoms with Gasteiger partial charge in [-0.25, -0.2) is 17.5 Å². The van der Waals surface area contributed by atoms with Crippen LogP contribution in [0.1, 0.15) is 29.3 Å². The molecule has 0 saturated carbocycles. The lowest BCUT2D eigenvalue weighted by molar-refractivity contribution is 0.0917. The van der Waals surface area contributed by atoms with Crippen molar-refractivity contribution in [2.75, 3.05) is 13.2 Å². The maximum atomic E-state index is 12.6. The number of alkyl halides is 1. The zero-order valence-corrected chi connectivity index (χ0v) is 12.0. The molecular formula is C13H17FN2O3S. The van der Waals surface area contributed by atoms with E-state index in [0.717, 1.165) is 0 Å². The summed E-state index contributed by atoms with van der Waals surface area (Å²) in [6.07, 6.45) is 1.06. The molecule has 1 aromatic rings. The minimum atomic E-state index is -3.60. The molecule has 20 heavy (non-hydrogen) atoms. The standard InChI is InChI=1S/C13H17FN2O3S/c1-2-5-15-20(18,19)11-4-3-9-6-10(8-14)16-13(17)12(9)7-11/h3-4,7,10,15H,2,5-6,8H2,1H3,(H,16,17). The van der Waals surface area contributed by atoms with E-state index in [1.165, 1.54) is 12.1 Å². The molecule has 0 saturated heterocycles. The van der Waals surface area contributed by atoms with Crippen LogP contribution in [0.3, 0.4) is 0 Å². The molecule has 0 bridgehead atoms. The van der Waals surface area contributed by atoms with Crippen molar-refractivity contribution >= 4 is 15.9 Å². The van der Waals surface area contributed by atoms with E-state index < -0.39 is 28.6 Å². The Kier molecular flexibility index (Phi) is 4.39. The van der Waals surface area contributed by atoms with Gasteiger partial charge in [0.25, 0.3) is 5.91 Å². The summed E-state index contributed by atoms with van der Waals surface area (Å²) >= 11 is 0. The van der Waals surface area contributed by atoms with Gasteiger partial charge in [-0.15, -0.1) is 0 Å². The summed E-state index contributed by atoms with van der Waals surface area (Å²) in [6.45, 7) is 1.57. The zero-order chi connectivity index (χ0) is 14.8. The predicted molar refractivity (Wildman–Crippen MR) is 72.9 cm³/mol. The highest BCUT2D eigenvalue weighted by atomic mass is 32.2. The Labute approximate surface area is 117 Å². The molecule has 1 aromatic carbocycles. The summed E-state index contributed by atoms with van der Waals surface area (Å²) in [4.78, 5) is 11.9. The first kappa shape index (κ1) is 14.9. The molecule has 2 rings (SSSR count). The third-order valence-electron chi connectivity index (χ3n) is 3.17. The Morgan fingerprint density at radius 2 is 2.20 bits per heavy atom. The summed E-state index contributed by atoms with van der Waals surface area (Å²) < 4.78 is 39.1. The zero-order valence-electron chi connectivity index (χ0n) is 11.1. The molecule has 0 aromatic heterocycles. The predicted octanol–water partition coefficient (Wildman–Crippen LogP) is 0.999. The van der Waals surface area contributed by atoms with Crippen LogP contribution in [0.4, 0.5) is 4.39 Å². The minimum Gasteiger partial charge on any atom is -0.346 e. The number of halogens is 1. The van der Waals surface area contributed by atoms with Crippen molar-refractivity contribution < 1.29 is 17.6 Å². The third kappa shape index (κ3) is 2.99. The first-order valence-electron chi connectivity index (χ1n) is 6.47. The van der Waals surface area contributed by atoms with E-state index in [-0.39, 0.29) is 4.90 Å². The van der Waals surface area contributed by atoms with Gasteiger partial charge in [0.15, 0.2) is 0 Å². The van der Waals surface area contributed by atoms with Gasteiger partial charge in [-0.05, 0) is 30.5 Å². The molecule has 1 atom stereocenters. The fourth-order valence-electron chi connectivity index (χ4n) is 2.10. The van der Waals surface area contributed by atoms with Crippen LogP contribution in [0.15, 0.2) is 23.1 Å². The number of fused-ring (bicyclic) bond motifs is 1. The van der Waals surface area contributed by atoms with E-state index in [0.29, 0.717) is 30.5 Å². The van der Waals surface area contributed by atoms with Crippen LogP contribution in [0, 0.1) is 0 Å². The van der Waals surface area contributed by atoms with Crippen molar-refractivity contribution in [2.45, 2.75) is 30.7 Å². The molecule has 1 aliphatic heterocycles. The maximum absolute atomic E-state index is 12.6. The van der Waals surface area contributed by atoms with E-state index in [4.69, 9.17) is 0 Å². The molecule has 0 fully saturated rings. The van der Waals surface area contributed by atoms with Crippen LogP contribution in [0.5, 0.6) is 0 Å². The summed E-state index contributed by atoms with van der Waals surface area (Å²) in [5.74, 6) is -0.429. The molecule has 2 N–H and O–H groups in total. The summed E-state index contributed by atoms with van der Waals surface area (Å²) in [5, 5.41) is 2.51. The van der Waals surface area contributed by atoms with Crippen molar-refractivity contribution in [3.8, 4) is 0 Å². The molecule has 1 unspecified atom stereocenters. The fraction of sp³-hybridized carbons (Fsp3) is 0.462. The van der Waals surface area contributed by atoms with Crippen LogP contribution < -0.4 is 10.0 Å². The number of sulfonamides is 1. The first-order chi connectivity index (χ1) is 9.47. The topological polar surface area (TPSA) is 75.3 Å². The Balaban J connectivity index is 2.33. The van der Waals surface area contributed by atoms with Crippen LogP contribution in [0.25, 0.3) is 0 Å². The Hall–Kier alpha value is -1.47. The maximum Gasteiger partial charge on any atom is 0.251 e. The Morgan fingerprint density at radius 3 is 2.85 bits per heavy atom. The van der Waals surface area contributed by atoms with Gasteiger partial charge in [-0.3, -0.25) is 4.79 Å². The van der Waals surface area contributed by atoms with Crippen LogP contribution in [0.2, 0.25) is 0 Å². The monoisotopic (exact) mass is 300 g/mol. The minimum absolute atomic E-state index is 0.0542. The van der Waals surface area contributed by atoms with Crippen LogP contribution in [-0.4, -0.2) is 33.6 Å². The molecular weight excluding hydrogens is 283 g/mol. The smallest absolute Gasteiger partial charge is 0.251 e. The van der Waals surface area contributed by atoms with Crippen molar-refractivity contribution in [3.05, 3.63) is 29.3 Å². The van der Waals surface area contributed by atoms with Gasteiger partial charge in [-0.2, -0.15) is 0 Å². The number of amides is 1. The van der Waals surface area contributed by atoms with Gasteiger partial charge in [-0.1, -0.05) is 13.0 Å². The van der Waals surface area contributed by atoms with Gasteiger partial charge >= 0.3 is 0 Å². The highest BCUT2D eigenvalue weighted by Crippen LogP contribution is 2.21. The van der Waals surface area contributed by atoms with Gasteiger partial charge in [0.05, 0.1) is 10.9 Å². The van der Waals surface area contributed by atoms with Crippen molar-refractivity contribution in [2.24, 2.45) is 0 Å². The van der Waals surface area contributed by atoms with E-state index in [2.05, 4.69) is 10.0 Å². The normalized spacial score (nSPS) is 18.5. The number of carbonyl (C=O) groups excluding carboxylic acids is 1. The SMILES string of the molecule is CCCNS(=O)(=O)c1ccc2c(c1)C(=O)NC(CF)C2. The lowest BCUT2D eigenvalue weighted by atomic mass is 9.96. The van der Waals surface area contributed by atoms with E-state index in [1.807, 2.05) is 6.92 Å². The molecule has 1 aliphatic rings. The number of benzene rings is 1. The van der Waals surface area contributed by atoms with Crippen molar-refractivity contribution in [1.82, 2.24) is 10.0 Å². The number of rotatable bonds is 5. The lowest BCUT2D eigenvalue weighted by Gasteiger charge is -2.23. The molecule has 7 heteroatoms. The lowest BCUT2D eigenvalue weighted by Crippen LogP contribution is -2.42. The number of nitrogens with one attached hydrogen (secondary N) is 2. The summed E-state index contributed by atoms with van der Waals surface area (Å²) in [7, 11) is -3.60. The second-order valence-electron chi connectivity index (χ2n) is 4.75. The molecule has 1 amide bonds. The summed E-state index contributed by atoms with van der Waals surface area (Å²) in [6, 6.07) is 3.84. The first-order valence-corrected chi connectivity index (χ1v) is 7.95. The highest BCUT2D eigenvalue weighted by Gasteiger charge is 2.26. The van der Waals surface area contributed by atoms with Crippen LogP contribution in [-0.2, 0) is 16.4 Å². The number of carbonyl (C=O) groups is 1. The van der Waals surface area contributed by atoms with Crippen molar-refractivity contribution in [3.63, 3.8) is 0 Å². The van der Waals surface area contributed by atoms with Gasteiger partial charge in [0.1, 0.15) is 6.67 Å². The third-order valence-corrected chi connectivity index (χ3v) is 4.62. The Morgan fingerprint density at radius 1 is 1.45 bits per heavy atom. The van der Waals surface area contributed by atoms with Crippen LogP contribution >= 0.6 is 0 Å². The second kappa shape index (κ2) is 5.88. The van der Waals surface area contributed by atoms with Crippen molar-refractivity contribution in [1.29, 1.82) is 0 Å². The molecule has 5 nitrogen and oxygen atoms in total. The van der Waals surface area contributed by atoms with E-state index >= 15 is 0 Å². The molecule has 110 valence electrons. The Bertz CT molecular complexity index is 616. The quantitative estimate of drug-likeness (QED) is 0.852. The average Bonchev–Trinajstić information content (AvgIpc) is 2.44. The van der Waals surface area contributed by atoms with Gasteiger partial charge in [0.2, 0.25) is 10.0 Å². The molecule has 0 radical (unpaired) electrons. The number of hydrogen-bond acceptors (Lipinski definition) is 3. The summed E-state index contributed by atoms with van der Waals surface area (Å²) in [5.41, 5.74) is 0.972.